The number of hydrogen-bond acceptors (Lipinski definition) is 4. The predicted octanol–water partition coefficient (Wildman–Crippen LogP) is 21.3. The Balaban J connectivity index is 1.02. The van der Waals surface area contributed by atoms with Crippen LogP contribution in [0.3, 0.4) is 0 Å². The van der Waals surface area contributed by atoms with Crippen molar-refractivity contribution in [1.82, 2.24) is 0 Å². The second kappa shape index (κ2) is 20.0. The van der Waals surface area contributed by atoms with Crippen LogP contribution in [0.15, 0.2) is 314 Å². The first-order valence-electron chi connectivity index (χ1n) is 26.6. The summed E-state index contributed by atoms with van der Waals surface area (Å²) in [5.74, 6) is 0. The quantitative estimate of drug-likeness (QED) is 0.114. The van der Waals surface area contributed by atoms with Crippen LogP contribution in [0, 0.1) is 0 Å². The molecule has 0 N–H and O–H groups in total. The zero-order chi connectivity index (χ0) is 51.8. The maximum absolute atomic E-state index is 6.60. The van der Waals surface area contributed by atoms with Gasteiger partial charge >= 0.3 is 0 Å². The third-order valence-electron chi connectivity index (χ3n) is 15.0. The minimum Gasteiger partial charge on any atom is -0.455 e. The number of rotatable bonds is 12. The van der Waals surface area contributed by atoms with Crippen LogP contribution in [0.5, 0.6) is 0 Å². The van der Waals surface area contributed by atoms with Gasteiger partial charge in [-0.15, -0.1) is 0 Å². The molecule has 0 aliphatic heterocycles. The number of fused-ring (bicyclic) bond motifs is 6. The summed E-state index contributed by atoms with van der Waals surface area (Å²) in [6.45, 7) is 0. The molecule has 0 radical (unpaired) electrons. The molecule has 0 unspecified atom stereocenters. The maximum Gasteiger partial charge on any atom is 0.143 e. The molecule has 0 saturated heterocycles. The first kappa shape index (κ1) is 46.1. The first-order chi connectivity index (χ1) is 38.7. The molecule has 14 rings (SSSR count). The Morgan fingerprint density at radius 1 is 0.218 bits per heavy atom. The van der Waals surface area contributed by atoms with E-state index in [1.54, 1.807) is 0 Å². The fourth-order valence-electron chi connectivity index (χ4n) is 11.3. The number of hydrogen-bond donors (Lipinski definition) is 0. The van der Waals surface area contributed by atoms with E-state index in [2.05, 4.69) is 312 Å². The lowest BCUT2D eigenvalue weighted by Gasteiger charge is -2.33. The number of benzene rings is 13. The first-order valence-corrected chi connectivity index (χ1v) is 26.6. The van der Waals surface area contributed by atoms with E-state index in [9.17, 15) is 0 Å². The lowest BCUT2D eigenvalue weighted by molar-refractivity contribution is 0.670. The van der Waals surface area contributed by atoms with Crippen molar-refractivity contribution in [3.05, 3.63) is 309 Å². The third-order valence-corrected chi connectivity index (χ3v) is 15.0. The van der Waals surface area contributed by atoms with Crippen LogP contribution in [0.25, 0.3) is 76.9 Å². The molecule has 13 aromatic carbocycles. The summed E-state index contributed by atoms with van der Waals surface area (Å²) < 4.78 is 6.60. The minimum absolute atomic E-state index is 0.884. The van der Waals surface area contributed by atoms with E-state index < -0.39 is 0 Å². The molecule has 1 aromatic heterocycles. The van der Waals surface area contributed by atoms with Gasteiger partial charge in [0.2, 0.25) is 0 Å². The molecule has 0 amide bonds. The van der Waals surface area contributed by atoms with Gasteiger partial charge in [0, 0.05) is 50.2 Å². The average Bonchev–Trinajstić information content (AvgIpc) is 3.92. The Labute approximate surface area is 454 Å². The predicted molar refractivity (Wildman–Crippen MR) is 329 cm³/mol. The van der Waals surface area contributed by atoms with Crippen LogP contribution < -0.4 is 14.7 Å². The SMILES string of the molecule is c1ccc(-c2ccc(N(c3ccccc3)c3cc(N(c4ccccc4)c4ccc(-c5ccccc5)cc4)cc(N(c4ccc(-c5cccc6c5oc5ccccc56)cc4)c4cc5ccccc5c5ccccc45)c3)cc2)cc1. The molecular formula is C74H51N3O. The van der Waals surface area contributed by atoms with E-state index in [4.69, 9.17) is 4.42 Å². The van der Waals surface area contributed by atoms with Crippen LogP contribution in [0.1, 0.15) is 0 Å². The summed E-state index contributed by atoms with van der Waals surface area (Å²) in [6, 6.07) is 111. The molecule has 0 bridgehead atoms. The molecule has 0 aliphatic carbocycles. The highest BCUT2D eigenvalue weighted by atomic mass is 16.3. The molecule has 0 fully saturated rings. The largest absolute Gasteiger partial charge is 0.455 e. The minimum atomic E-state index is 0.884. The Morgan fingerprint density at radius 3 is 1.15 bits per heavy atom. The van der Waals surface area contributed by atoms with Gasteiger partial charge in [-0.3, -0.25) is 0 Å². The number of furan rings is 1. The smallest absolute Gasteiger partial charge is 0.143 e. The Morgan fingerprint density at radius 2 is 0.603 bits per heavy atom. The zero-order valence-corrected chi connectivity index (χ0v) is 42.7. The van der Waals surface area contributed by atoms with Crippen LogP contribution in [-0.2, 0) is 0 Å². The molecule has 0 atom stereocenters. The van der Waals surface area contributed by atoms with Crippen molar-refractivity contribution in [3.63, 3.8) is 0 Å². The highest BCUT2D eigenvalue weighted by Gasteiger charge is 2.25. The summed E-state index contributed by atoms with van der Waals surface area (Å²) in [4.78, 5) is 7.23. The molecule has 0 spiro atoms. The van der Waals surface area contributed by atoms with E-state index in [1.807, 2.05) is 12.1 Å². The Hall–Kier alpha value is -10.4. The molecule has 0 aliphatic rings. The van der Waals surface area contributed by atoms with Crippen LogP contribution in [0.4, 0.5) is 51.2 Å². The summed E-state index contributed by atoms with van der Waals surface area (Å²) in [5, 5.41) is 6.93. The number of anilines is 9. The Bertz CT molecular complexity index is 4260. The topological polar surface area (TPSA) is 22.9 Å². The van der Waals surface area contributed by atoms with Gasteiger partial charge in [0.15, 0.2) is 0 Å². The van der Waals surface area contributed by atoms with Crippen LogP contribution in [-0.4, -0.2) is 0 Å². The molecule has 78 heavy (non-hydrogen) atoms. The molecule has 1 heterocycles. The van der Waals surface area contributed by atoms with Gasteiger partial charge in [0.25, 0.3) is 0 Å². The van der Waals surface area contributed by atoms with E-state index in [1.165, 1.54) is 21.9 Å². The second-order valence-electron chi connectivity index (χ2n) is 19.7. The van der Waals surface area contributed by atoms with Crippen LogP contribution in [0.2, 0.25) is 0 Å². The van der Waals surface area contributed by atoms with Crippen molar-refractivity contribution in [2.24, 2.45) is 0 Å². The van der Waals surface area contributed by atoms with Gasteiger partial charge in [0.1, 0.15) is 11.2 Å². The molecule has 368 valence electrons. The Kier molecular flexibility index (Phi) is 11.8. The van der Waals surface area contributed by atoms with E-state index in [0.29, 0.717) is 0 Å². The summed E-state index contributed by atoms with van der Waals surface area (Å²) in [7, 11) is 0. The van der Waals surface area contributed by atoms with Gasteiger partial charge < -0.3 is 19.1 Å². The highest BCUT2D eigenvalue weighted by molar-refractivity contribution is 6.15. The van der Waals surface area contributed by atoms with Crippen molar-refractivity contribution in [2.75, 3.05) is 14.7 Å². The molecule has 4 nitrogen and oxygen atoms in total. The van der Waals surface area contributed by atoms with Crippen molar-refractivity contribution < 1.29 is 4.42 Å². The fourth-order valence-corrected chi connectivity index (χ4v) is 11.3. The standard InChI is InChI=1S/C74H51N3O/c1-5-20-52(21-6-1)54-36-42-60(43-37-54)75(58-25-9-3-10-26-58)63-49-64(76(59-27-11-4-12-28-59)61-44-38-55(39-45-61)53-22-7-2-8-23-53)51-65(50-63)77(72-48-57-24-13-14-29-66(57)68-30-15-16-31-69(68)72)62-46-40-56(41-47-62)67-33-19-34-71-70-32-17-18-35-73(70)78-74(67)71/h1-51H. The van der Waals surface area contributed by atoms with Gasteiger partial charge in [0.05, 0.1) is 22.7 Å². The maximum atomic E-state index is 6.60. The van der Waals surface area contributed by atoms with Crippen molar-refractivity contribution >= 4 is 94.7 Å². The zero-order valence-electron chi connectivity index (χ0n) is 42.7. The monoisotopic (exact) mass is 997 g/mol. The van der Waals surface area contributed by atoms with E-state index >= 15 is 0 Å². The number of para-hydroxylation sites is 4. The van der Waals surface area contributed by atoms with E-state index in [-0.39, 0.29) is 0 Å². The van der Waals surface area contributed by atoms with Gasteiger partial charge in [-0.05, 0) is 135 Å². The van der Waals surface area contributed by atoms with E-state index in [0.717, 1.165) is 106 Å². The highest BCUT2D eigenvalue weighted by Crippen LogP contribution is 2.49. The lowest BCUT2D eigenvalue weighted by Crippen LogP contribution is -2.16. The summed E-state index contributed by atoms with van der Waals surface area (Å²) >= 11 is 0. The third kappa shape index (κ3) is 8.58. The van der Waals surface area contributed by atoms with Crippen molar-refractivity contribution in [2.45, 2.75) is 0 Å². The average molecular weight is 998 g/mol. The lowest BCUT2D eigenvalue weighted by atomic mass is 9.98. The molecule has 0 saturated carbocycles. The second-order valence-corrected chi connectivity index (χ2v) is 19.7. The van der Waals surface area contributed by atoms with Crippen molar-refractivity contribution in [3.8, 4) is 33.4 Å². The summed E-state index contributed by atoms with van der Waals surface area (Å²) in [5.41, 5.74) is 17.8. The van der Waals surface area contributed by atoms with Gasteiger partial charge in [-0.25, -0.2) is 0 Å². The van der Waals surface area contributed by atoms with Crippen molar-refractivity contribution in [1.29, 1.82) is 0 Å². The molecule has 14 aromatic rings. The normalized spacial score (nSPS) is 11.3. The summed E-state index contributed by atoms with van der Waals surface area (Å²) in [6.07, 6.45) is 0. The molecule has 4 heteroatoms. The van der Waals surface area contributed by atoms with Gasteiger partial charge in [-0.1, -0.05) is 218 Å². The molecular weight excluding hydrogens is 947 g/mol. The fraction of sp³-hybridized carbons (Fsp3) is 0. The number of nitrogens with zero attached hydrogens (tertiary/aromatic N) is 3. The van der Waals surface area contributed by atoms with Crippen LogP contribution >= 0.6 is 0 Å². The van der Waals surface area contributed by atoms with Gasteiger partial charge in [-0.2, -0.15) is 0 Å².